The number of benzene rings is 1. The third-order valence-electron chi connectivity index (χ3n) is 3.55. The average Bonchev–Trinajstić information content (AvgIpc) is 2.89. The number of nitrogens with zero attached hydrogens (tertiary/aromatic N) is 3. The van der Waals surface area contributed by atoms with E-state index in [-0.39, 0.29) is 11.7 Å². The van der Waals surface area contributed by atoms with E-state index in [1.807, 2.05) is 24.4 Å². The van der Waals surface area contributed by atoms with Crippen LogP contribution in [0.4, 0.5) is 0 Å². The number of nitriles is 1. The SMILES string of the molecule is CC(C)c1nc2c(C#N)cccn2c1-c1cc(O)ccc1Cl. The van der Waals surface area contributed by atoms with Crippen molar-refractivity contribution in [1.29, 1.82) is 5.26 Å². The van der Waals surface area contributed by atoms with Gasteiger partial charge in [0.25, 0.3) is 0 Å². The largest absolute Gasteiger partial charge is 0.508 e. The van der Waals surface area contributed by atoms with E-state index >= 15 is 0 Å². The fourth-order valence-corrected chi connectivity index (χ4v) is 2.74. The number of aromatic hydroxyl groups is 1. The fraction of sp³-hybridized carbons (Fsp3) is 0.176. The molecule has 0 saturated carbocycles. The van der Waals surface area contributed by atoms with E-state index in [2.05, 4.69) is 11.1 Å². The van der Waals surface area contributed by atoms with Crippen LogP contribution < -0.4 is 0 Å². The highest BCUT2D eigenvalue weighted by Gasteiger charge is 2.20. The lowest BCUT2D eigenvalue weighted by molar-refractivity contribution is 0.475. The summed E-state index contributed by atoms with van der Waals surface area (Å²) in [4.78, 5) is 4.63. The van der Waals surface area contributed by atoms with Gasteiger partial charge in [0.15, 0.2) is 5.65 Å². The number of phenols is 1. The van der Waals surface area contributed by atoms with Crippen molar-refractivity contribution in [3.8, 4) is 23.1 Å². The zero-order chi connectivity index (χ0) is 15.9. The maximum Gasteiger partial charge on any atom is 0.155 e. The molecule has 5 heteroatoms. The molecule has 1 N–H and O–H groups in total. The first-order valence-electron chi connectivity index (χ1n) is 6.93. The summed E-state index contributed by atoms with van der Waals surface area (Å²) in [6.07, 6.45) is 1.85. The van der Waals surface area contributed by atoms with Crippen LogP contribution in [-0.4, -0.2) is 14.5 Å². The number of rotatable bonds is 2. The van der Waals surface area contributed by atoms with Crippen LogP contribution in [0.2, 0.25) is 5.02 Å². The van der Waals surface area contributed by atoms with Gasteiger partial charge < -0.3 is 5.11 Å². The number of halogens is 1. The Kier molecular flexibility index (Phi) is 3.51. The number of hydrogen-bond donors (Lipinski definition) is 1. The Morgan fingerprint density at radius 2 is 2.09 bits per heavy atom. The third kappa shape index (κ3) is 2.20. The van der Waals surface area contributed by atoms with Crippen molar-refractivity contribution in [2.24, 2.45) is 0 Å². The molecule has 0 saturated heterocycles. The molecular weight excluding hydrogens is 298 g/mol. The van der Waals surface area contributed by atoms with Crippen LogP contribution in [-0.2, 0) is 0 Å². The van der Waals surface area contributed by atoms with Gasteiger partial charge in [0.2, 0.25) is 0 Å². The molecule has 0 unspecified atom stereocenters. The summed E-state index contributed by atoms with van der Waals surface area (Å²) in [5, 5.41) is 19.6. The van der Waals surface area contributed by atoms with Gasteiger partial charge in [-0.15, -0.1) is 0 Å². The molecule has 0 fully saturated rings. The first-order valence-corrected chi connectivity index (χ1v) is 7.30. The van der Waals surface area contributed by atoms with Crippen molar-refractivity contribution in [2.75, 3.05) is 0 Å². The average molecular weight is 312 g/mol. The number of imidazole rings is 1. The van der Waals surface area contributed by atoms with Gasteiger partial charge in [0.05, 0.1) is 22.0 Å². The highest BCUT2D eigenvalue weighted by Crippen LogP contribution is 2.36. The second-order valence-electron chi connectivity index (χ2n) is 5.39. The van der Waals surface area contributed by atoms with Crippen molar-refractivity contribution in [2.45, 2.75) is 19.8 Å². The Morgan fingerprint density at radius 3 is 2.77 bits per heavy atom. The van der Waals surface area contributed by atoms with Gasteiger partial charge in [-0.25, -0.2) is 4.98 Å². The summed E-state index contributed by atoms with van der Waals surface area (Å²) in [6.45, 7) is 4.07. The summed E-state index contributed by atoms with van der Waals surface area (Å²) in [5.74, 6) is 0.292. The number of hydrogen-bond acceptors (Lipinski definition) is 3. The van der Waals surface area contributed by atoms with Crippen molar-refractivity contribution in [1.82, 2.24) is 9.38 Å². The summed E-state index contributed by atoms with van der Waals surface area (Å²) >= 11 is 6.32. The van der Waals surface area contributed by atoms with Crippen molar-refractivity contribution in [3.63, 3.8) is 0 Å². The van der Waals surface area contributed by atoms with Gasteiger partial charge in [0, 0.05) is 11.8 Å². The monoisotopic (exact) mass is 311 g/mol. The van der Waals surface area contributed by atoms with E-state index in [0.29, 0.717) is 21.8 Å². The fourth-order valence-electron chi connectivity index (χ4n) is 2.54. The van der Waals surface area contributed by atoms with Gasteiger partial charge in [-0.2, -0.15) is 5.26 Å². The molecule has 3 aromatic rings. The quantitative estimate of drug-likeness (QED) is 0.765. The first-order chi connectivity index (χ1) is 10.5. The Labute approximate surface area is 133 Å². The smallest absolute Gasteiger partial charge is 0.155 e. The molecule has 0 aliphatic rings. The Morgan fingerprint density at radius 1 is 1.32 bits per heavy atom. The first kappa shape index (κ1) is 14.4. The van der Waals surface area contributed by atoms with Gasteiger partial charge in [0.1, 0.15) is 11.8 Å². The highest BCUT2D eigenvalue weighted by atomic mass is 35.5. The lowest BCUT2D eigenvalue weighted by Gasteiger charge is -2.10. The molecule has 2 heterocycles. The van der Waals surface area contributed by atoms with Crippen LogP contribution in [0.25, 0.3) is 16.9 Å². The summed E-state index contributed by atoms with van der Waals surface area (Å²) in [5.41, 5.74) is 3.46. The molecule has 0 spiro atoms. The maximum atomic E-state index is 9.80. The van der Waals surface area contributed by atoms with Crippen molar-refractivity contribution >= 4 is 17.2 Å². The molecule has 0 aliphatic heterocycles. The summed E-state index contributed by atoms with van der Waals surface area (Å²) < 4.78 is 1.86. The van der Waals surface area contributed by atoms with Crippen LogP contribution in [0.5, 0.6) is 5.75 Å². The second-order valence-corrected chi connectivity index (χ2v) is 5.80. The Hall–Kier alpha value is -2.51. The second kappa shape index (κ2) is 5.36. The number of aromatic nitrogens is 2. The number of phenolic OH excluding ortho intramolecular Hbond substituents is 1. The van der Waals surface area contributed by atoms with Crippen LogP contribution in [0.1, 0.15) is 31.0 Å². The Bertz CT molecular complexity index is 906. The normalized spacial score (nSPS) is 11.0. The summed E-state index contributed by atoms with van der Waals surface area (Å²) in [7, 11) is 0. The lowest BCUT2D eigenvalue weighted by atomic mass is 10.0. The molecule has 22 heavy (non-hydrogen) atoms. The van der Waals surface area contributed by atoms with Gasteiger partial charge in [-0.05, 0) is 36.2 Å². The minimum absolute atomic E-state index is 0.139. The zero-order valence-corrected chi connectivity index (χ0v) is 13.0. The van der Waals surface area contributed by atoms with Crippen LogP contribution in [0, 0.1) is 11.3 Å². The number of fused-ring (bicyclic) bond motifs is 1. The van der Waals surface area contributed by atoms with Crippen LogP contribution >= 0.6 is 11.6 Å². The van der Waals surface area contributed by atoms with Crippen molar-refractivity contribution < 1.29 is 5.11 Å². The van der Waals surface area contributed by atoms with Crippen molar-refractivity contribution in [3.05, 3.63) is 52.8 Å². The maximum absolute atomic E-state index is 9.80. The van der Waals surface area contributed by atoms with Crippen LogP contribution in [0.15, 0.2) is 36.5 Å². The molecule has 1 aromatic carbocycles. The molecule has 0 atom stereocenters. The predicted octanol–water partition coefficient (Wildman–Crippen LogP) is 4.36. The Balaban J connectivity index is 2.44. The highest BCUT2D eigenvalue weighted by molar-refractivity contribution is 6.33. The third-order valence-corrected chi connectivity index (χ3v) is 3.88. The molecule has 3 rings (SSSR count). The predicted molar refractivity (Wildman–Crippen MR) is 86.1 cm³/mol. The molecule has 4 nitrogen and oxygen atoms in total. The van der Waals surface area contributed by atoms with Gasteiger partial charge >= 0.3 is 0 Å². The molecule has 110 valence electrons. The minimum atomic E-state index is 0.139. The van der Waals surface area contributed by atoms with E-state index in [1.165, 1.54) is 0 Å². The van der Waals surface area contributed by atoms with E-state index in [0.717, 1.165) is 11.4 Å². The molecule has 0 bridgehead atoms. The number of pyridine rings is 1. The summed E-state index contributed by atoms with van der Waals surface area (Å²) in [6, 6.07) is 10.5. The van der Waals surface area contributed by atoms with Crippen LogP contribution in [0.3, 0.4) is 0 Å². The molecule has 0 amide bonds. The minimum Gasteiger partial charge on any atom is -0.508 e. The topological polar surface area (TPSA) is 61.3 Å². The molecular formula is C17H14ClN3O. The van der Waals surface area contributed by atoms with Gasteiger partial charge in [-0.1, -0.05) is 25.4 Å². The van der Waals surface area contributed by atoms with E-state index in [1.54, 1.807) is 30.3 Å². The standard InChI is InChI=1S/C17H14ClN3O/c1-10(2)15-16(13-8-12(22)5-6-14(13)18)21-7-3-4-11(9-19)17(21)20-15/h3-8,10,22H,1-2H3. The van der Waals surface area contributed by atoms with E-state index in [9.17, 15) is 10.4 Å². The van der Waals surface area contributed by atoms with E-state index < -0.39 is 0 Å². The lowest BCUT2D eigenvalue weighted by Crippen LogP contribution is -1.95. The molecule has 0 radical (unpaired) electrons. The van der Waals surface area contributed by atoms with E-state index in [4.69, 9.17) is 11.6 Å². The zero-order valence-electron chi connectivity index (χ0n) is 12.2. The molecule has 0 aliphatic carbocycles. The molecule has 2 aromatic heterocycles. The van der Waals surface area contributed by atoms with Gasteiger partial charge in [-0.3, -0.25) is 4.40 Å².